The van der Waals surface area contributed by atoms with E-state index in [0.717, 1.165) is 0 Å². The van der Waals surface area contributed by atoms with Gasteiger partial charge in [0, 0.05) is 53.9 Å². The summed E-state index contributed by atoms with van der Waals surface area (Å²) in [6.45, 7) is -4.13. The predicted octanol–water partition coefficient (Wildman–Crippen LogP) is 1.36. The summed E-state index contributed by atoms with van der Waals surface area (Å²) in [5.74, 6) is -3.06. The van der Waals surface area contributed by atoms with E-state index in [1.165, 1.54) is 0 Å². The molecule has 0 spiro atoms. The number of aliphatic hydroxyl groups is 1. The largest absolute Gasteiger partial charge is 1.00 e. The van der Waals surface area contributed by atoms with Crippen molar-refractivity contribution in [1.82, 2.24) is 0 Å². The van der Waals surface area contributed by atoms with E-state index < -0.39 is 121 Å². The minimum atomic E-state index is -5.23. The summed E-state index contributed by atoms with van der Waals surface area (Å²) in [5.41, 5.74) is 0. The molecule has 0 amide bonds. The maximum Gasteiger partial charge on any atom is 1.00 e. The maximum absolute atomic E-state index is 11.3. The third kappa shape index (κ3) is 22.0. The second-order valence-electron chi connectivity index (χ2n) is 2.73. The molecule has 4 heteroatoms. The van der Waals surface area contributed by atoms with Crippen molar-refractivity contribution in [2.45, 2.75) is 115 Å². The summed E-state index contributed by atoms with van der Waals surface area (Å²) < 4.78 is 277. The molecule has 0 radical (unpaired) electrons. The molecule has 1 unspecified atom stereocenters. The van der Waals surface area contributed by atoms with Crippen LogP contribution in [0.15, 0.2) is 0 Å². The van der Waals surface area contributed by atoms with Gasteiger partial charge in [-0.2, -0.15) is 0 Å². The molecule has 0 aromatic rings. The van der Waals surface area contributed by atoms with Crippen LogP contribution >= 0.6 is 0 Å². The fourth-order valence-corrected chi connectivity index (χ4v) is 0.609. The summed E-state index contributed by atoms with van der Waals surface area (Å²) in [7, 11) is 0. The van der Waals surface area contributed by atoms with E-state index in [9.17, 15) is 15.0 Å². The van der Waals surface area contributed by atoms with Crippen molar-refractivity contribution >= 4 is 5.97 Å². The van der Waals surface area contributed by atoms with Crippen LogP contribution in [0.25, 0.3) is 0 Å². The zero-order valence-electron chi connectivity index (χ0n) is 46.8. The minimum Gasteiger partial charge on any atom is -0.550 e. The van der Waals surface area contributed by atoms with Crippen molar-refractivity contribution in [3.63, 3.8) is 0 Å². The number of hydrogen-bond acceptors (Lipinski definition) is 3. The normalized spacial score (nSPS) is 45.0. The molecule has 0 aromatic heterocycles. The number of carboxylic acids is 1. The van der Waals surface area contributed by atoms with Crippen LogP contribution in [0.4, 0.5) is 0 Å². The zero-order chi connectivity index (χ0) is 47.7. The molecule has 0 saturated carbocycles. The van der Waals surface area contributed by atoms with Gasteiger partial charge >= 0.3 is 18.9 Å². The first-order valence-electron chi connectivity index (χ1n) is 22.7. The molecule has 0 aromatic carbocycles. The summed E-state index contributed by atoms with van der Waals surface area (Å²) in [5, 5.41) is 22.1. The number of aliphatic hydroxyl groups excluding tert-OH is 1. The van der Waals surface area contributed by atoms with E-state index in [4.69, 9.17) is 48.0 Å². The zero-order valence-corrected chi connectivity index (χ0v) is 11.8. The van der Waals surface area contributed by atoms with Gasteiger partial charge in [-0.05, 0) is 25.5 Å². The summed E-state index contributed by atoms with van der Waals surface area (Å²) in [6, 6.07) is 0. The molecule has 0 aliphatic carbocycles. The molecular weight excluding hydrogens is 283 g/mol. The van der Waals surface area contributed by atoms with Gasteiger partial charge in [0.25, 0.3) is 0 Å². The third-order valence-corrected chi connectivity index (χ3v) is 1.27. The van der Waals surface area contributed by atoms with Crippen LogP contribution in [0.2, 0.25) is 0 Å². The first kappa shape index (κ1) is 3.56. The standard InChI is InChI=1S/C19H38O3.Li/c1-2-3-4-12-15-18(20)16-13-10-8-6-5-7-9-11-14-17-19(21)22;/h18,20H,2-17H2,1H3,(H,21,22);/q;+1/p-1/i1D3,2D2,3D2,4D2,5D2,6D2,7D2,8D2,9D2,10D2,11D2,12D2,13D2,14D2,15D2,16D2,17D2;. The first-order valence-corrected chi connectivity index (χ1v) is 5.24. The third-order valence-electron chi connectivity index (χ3n) is 1.27. The van der Waals surface area contributed by atoms with E-state index >= 15 is 0 Å². The molecule has 1 atom stereocenters. The van der Waals surface area contributed by atoms with E-state index in [1.54, 1.807) is 0 Å². The molecule has 0 rings (SSSR count). The molecule has 23 heavy (non-hydrogen) atoms. The van der Waals surface area contributed by atoms with Crippen LogP contribution in [0, 0.1) is 0 Å². The van der Waals surface area contributed by atoms with E-state index in [0.29, 0.717) is 0 Å². The molecule has 0 heterocycles. The SMILES string of the molecule is [2H]C([2H])([2H])C([2H])([2H])C([2H])([2H])C([2H])([2H])C([2H])([2H])C([2H])([2H])C(O)C([2H])([2H])C([2H])([2H])C([2H])([2H])C([2H])([2H])C([2H])([2H])C([2H])([2H])C([2H])([2H])C([2H])([2H])C([2H])([2H])C([2H])([2H])C([2H])([2H])C(=O)[O-].[Li+]. The van der Waals surface area contributed by atoms with Gasteiger partial charge in [-0.15, -0.1) is 0 Å². The van der Waals surface area contributed by atoms with Gasteiger partial charge in [-0.25, -0.2) is 0 Å². The van der Waals surface area contributed by atoms with Gasteiger partial charge in [-0.1, -0.05) is 83.3 Å². The molecule has 1 N–H and O–H groups in total. The Hall–Kier alpha value is 0.0274. The molecule has 0 bridgehead atoms. The van der Waals surface area contributed by atoms with Crippen LogP contribution in [0.5, 0.6) is 0 Å². The van der Waals surface area contributed by atoms with Crippen molar-refractivity contribution in [2.75, 3.05) is 0 Å². The number of carbonyl (C=O) groups is 1. The summed E-state index contributed by atoms with van der Waals surface area (Å²) >= 11 is 0. The van der Waals surface area contributed by atoms with Crippen molar-refractivity contribution in [3.05, 3.63) is 0 Å². The smallest absolute Gasteiger partial charge is 0.550 e. The van der Waals surface area contributed by atoms with Crippen molar-refractivity contribution < 1.29 is 81.8 Å². The predicted molar refractivity (Wildman–Crippen MR) is 90.6 cm³/mol. The fraction of sp³-hybridized carbons (Fsp3) is 0.947. The molecule has 3 nitrogen and oxygen atoms in total. The fourth-order valence-electron chi connectivity index (χ4n) is 0.609. The maximum atomic E-state index is 11.3. The van der Waals surface area contributed by atoms with E-state index in [1.807, 2.05) is 0 Å². The quantitative estimate of drug-likeness (QED) is 0.401. The first-order chi connectivity index (χ1) is 23.8. The Labute approximate surface area is 205 Å². The van der Waals surface area contributed by atoms with Crippen LogP contribution in [-0.2, 0) is 4.79 Å². The Morgan fingerprint density at radius 2 is 1.35 bits per heavy atom. The van der Waals surface area contributed by atoms with Crippen molar-refractivity contribution in [2.24, 2.45) is 0 Å². The van der Waals surface area contributed by atoms with Gasteiger partial charge in [-0.3, -0.25) is 0 Å². The second kappa shape index (κ2) is 20.1. The van der Waals surface area contributed by atoms with Gasteiger partial charge in [0.15, 0.2) is 0 Å². The van der Waals surface area contributed by atoms with Gasteiger partial charge in [0.1, 0.15) is 0 Å². The van der Waals surface area contributed by atoms with Crippen molar-refractivity contribution in [1.29, 1.82) is 0 Å². The Bertz CT molecular complexity index is 1510. The van der Waals surface area contributed by atoms with Crippen LogP contribution in [0.3, 0.4) is 0 Å². The Kier molecular flexibility index (Phi) is 3.11. The second-order valence-corrected chi connectivity index (χ2v) is 2.73. The van der Waals surface area contributed by atoms with Gasteiger partial charge < -0.3 is 15.0 Å². The Morgan fingerprint density at radius 3 is 1.83 bits per heavy atom. The molecule has 0 aliphatic heterocycles. The average molecular weight is 356 g/mol. The molecule has 0 aliphatic rings. The number of carboxylic acid groups (broad SMARTS) is 1. The van der Waals surface area contributed by atoms with Crippen LogP contribution in [-0.4, -0.2) is 17.2 Å². The number of rotatable bonds is 17. The molecule has 0 saturated heterocycles. The number of hydrogen-bond donors (Lipinski definition) is 1. The molecular formula is C19H37LiO3. The minimum absolute atomic E-state index is 0. The average Bonchev–Trinajstić information content (AvgIpc) is 2.98. The van der Waals surface area contributed by atoms with Crippen molar-refractivity contribution in [3.8, 4) is 0 Å². The topological polar surface area (TPSA) is 60.4 Å². The van der Waals surface area contributed by atoms with Crippen LogP contribution < -0.4 is 24.0 Å². The van der Waals surface area contributed by atoms with E-state index in [-0.39, 0.29) is 18.9 Å². The Morgan fingerprint density at radius 1 is 0.913 bits per heavy atom. The molecule has 0 fully saturated rings. The summed E-state index contributed by atoms with van der Waals surface area (Å²) in [6.07, 6.45) is -83.4. The van der Waals surface area contributed by atoms with Gasteiger partial charge in [0.2, 0.25) is 0 Å². The monoisotopic (exact) mass is 356 g/mol. The Balaban J connectivity index is 0. The van der Waals surface area contributed by atoms with E-state index in [2.05, 4.69) is 0 Å². The number of carbonyl (C=O) groups excluding carboxylic acids is 1. The van der Waals surface area contributed by atoms with Crippen LogP contribution in [0.1, 0.15) is 157 Å². The summed E-state index contributed by atoms with van der Waals surface area (Å²) in [4.78, 5) is 11.3. The van der Waals surface area contributed by atoms with Gasteiger partial charge in [0.05, 0.1) is 6.10 Å². The molecule has 132 valence electrons. The number of aliphatic carboxylic acids is 1.